The van der Waals surface area contributed by atoms with Crippen molar-refractivity contribution < 1.29 is 9.59 Å². The number of carbonyl (C=O) groups is 2. The highest BCUT2D eigenvalue weighted by Gasteiger charge is 2.31. The van der Waals surface area contributed by atoms with E-state index in [1.807, 2.05) is 30.3 Å². The van der Waals surface area contributed by atoms with E-state index in [2.05, 4.69) is 41.6 Å². The molecule has 31 heavy (non-hydrogen) atoms. The summed E-state index contributed by atoms with van der Waals surface area (Å²) in [7, 11) is 0. The van der Waals surface area contributed by atoms with Crippen molar-refractivity contribution in [2.24, 2.45) is 4.99 Å². The number of anilines is 1. The fourth-order valence-corrected chi connectivity index (χ4v) is 5.25. The SMILES string of the molecule is CCCCN=C1NC(=O)C(CC(=O)Nc2ccc(-c3nc4ccc(C)cc4s3)cc2)S1. The minimum Gasteiger partial charge on any atom is -0.326 e. The summed E-state index contributed by atoms with van der Waals surface area (Å²) < 4.78 is 1.16. The van der Waals surface area contributed by atoms with Gasteiger partial charge in [0, 0.05) is 24.2 Å². The highest BCUT2D eigenvalue weighted by Crippen LogP contribution is 2.31. The van der Waals surface area contributed by atoms with Crippen LogP contribution in [0.25, 0.3) is 20.8 Å². The third kappa shape index (κ3) is 5.32. The lowest BCUT2D eigenvalue weighted by molar-refractivity contribution is -0.122. The van der Waals surface area contributed by atoms with Gasteiger partial charge >= 0.3 is 0 Å². The summed E-state index contributed by atoms with van der Waals surface area (Å²) in [6.45, 7) is 4.86. The van der Waals surface area contributed by atoms with Crippen molar-refractivity contribution in [3.05, 3.63) is 48.0 Å². The zero-order valence-electron chi connectivity index (χ0n) is 17.5. The van der Waals surface area contributed by atoms with Crippen molar-refractivity contribution in [1.82, 2.24) is 10.3 Å². The van der Waals surface area contributed by atoms with E-state index < -0.39 is 5.25 Å². The molecule has 3 aromatic rings. The highest BCUT2D eigenvalue weighted by atomic mass is 32.2. The molecule has 1 aliphatic rings. The lowest BCUT2D eigenvalue weighted by Crippen LogP contribution is -2.28. The molecule has 0 saturated carbocycles. The van der Waals surface area contributed by atoms with Gasteiger partial charge in [0.05, 0.1) is 10.2 Å². The highest BCUT2D eigenvalue weighted by molar-refractivity contribution is 8.15. The molecule has 6 nitrogen and oxygen atoms in total. The zero-order valence-corrected chi connectivity index (χ0v) is 19.1. The van der Waals surface area contributed by atoms with Gasteiger partial charge in [-0.3, -0.25) is 14.6 Å². The normalized spacial score (nSPS) is 17.3. The number of carbonyl (C=O) groups excluding carboxylic acids is 2. The number of thiazole rings is 1. The Morgan fingerprint density at radius 2 is 2.03 bits per heavy atom. The molecule has 0 radical (unpaired) electrons. The predicted molar refractivity (Wildman–Crippen MR) is 130 cm³/mol. The minimum atomic E-state index is -0.439. The number of unbranched alkanes of at least 4 members (excludes halogenated alkanes) is 1. The molecule has 2 heterocycles. The number of nitrogens with zero attached hydrogens (tertiary/aromatic N) is 2. The first kappa shape index (κ1) is 21.5. The topological polar surface area (TPSA) is 83.5 Å². The second-order valence-corrected chi connectivity index (χ2v) is 9.68. The molecule has 0 bridgehead atoms. The number of thioether (sulfide) groups is 1. The van der Waals surface area contributed by atoms with Gasteiger partial charge < -0.3 is 10.6 Å². The number of aryl methyl sites for hydroxylation is 1. The Kier molecular flexibility index (Phi) is 6.67. The van der Waals surface area contributed by atoms with Gasteiger partial charge in [0.25, 0.3) is 0 Å². The molecule has 4 rings (SSSR count). The summed E-state index contributed by atoms with van der Waals surface area (Å²) in [5.74, 6) is -0.345. The molecular formula is C23H24N4O2S2. The van der Waals surface area contributed by atoms with E-state index in [0.29, 0.717) is 17.4 Å². The van der Waals surface area contributed by atoms with E-state index in [9.17, 15) is 9.59 Å². The second kappa shape index (κ2) is 9.62. The molecule has 2 aromatic carbocycles. The van der Waals surface area contributed by atoms with Gasteiger partial charge in [0.15, 0.2) is 5.17 Å². The van der Waals surface area contributed by atoms with Crippen molar-refractivity contribution in [2.45, 2.75) is 38.4 Å². The van der Waals surface area contributed by atoms with Crippen LogP contribution in [0.1, 0.15) is 31.7 Å². The van der Waals surface area contributed by atoms with E-state index in [1.165, 1.54) is 17.3 Å². The van der Waals surface area contributed by atoms with E-state index in [0.717, 1.165) is 33.6 Å². The Labute approximate surface area is 189 Å². The van der Waals surface area contributed by atoms with Crippen molar-refractivity contribution in [3.63, 3.8) is 0 Å². The number of benzene rings is 2. The molecule has 2 amide bonds. The van der Waals surface area contributed by atoms with Gasteiger partial charge in [-0.1, -0.05) is 31.2 Å². The lowest BCUT2D eigenvalue weighted by Gasteiger charge is -2.08. The van der Waals surface area contributed by atoms with Crippen molar-refractivity contribution in [1.29, 1.82) is 0 Å². The van der Waals surface area contributed by atoms with Crippen LogP contribution in [0, 0.1) is 6.92 Å². The Balaban J connectivity index is 1.36. The van der Waals surface area contributed by atoms with Crippen LogP contribution in [0.5, 0.6) is 0 Å². The molecule has 1 saturated heterocycles. The van der Waals surface area contributed by atoms with Gasteiger partial charge in [0.1, 0.15) is 10.3 Å². The summed E-state index contributed by atoms with van der Waals surface area (Å²) in [5, 5.41) is 6.77. The lowest BCUT2D eigenvalue weighted by atomic mass is 10.2. The number of rotatable bonds is 7. The van der Waals surface area contributed by atoms with Gasteiger partial charge in [-0.15, -0.1) is 11.3 Å². The molecule has 0 spiro atoms. The van der Waals surface area contributed by atoms with Crippen molar-refractivity contribution in [3.8, 4) is 10.6 Å². The number of amidine groups is 1. The van der Waals surface area contributed by atoms with Crippen molar-refractivity contribution >= 4 is 56.0 Å². The molecule has 1 atom stereocenters. The van der Waals surface area contributed by atoms with Crippen LogP contribution in [0.3, 0.4) is 0 Å². The summed E-state index contributed by atoms with van der Waals surface area (Å²) in [6.07, 6.45) is 2.15. The van der Waals surface area contributed by atoms with E-state index in [4.69, 9.17) is 4.98 Å². The zero-order chi connectivity index (χ0) is 21.8. The van der Waals surface area contributed by atoms with Gasteiger partial charge in [-0.2, -0.15) is 0 Å². The summed E-state index contributed by atoms with van der Waals surface area (Å²) in [5.41, 5.74) is 3.92. The molecule has 2 N–H and O–H groups in total. The first-order valence-corrected chi connectivity index (χ1v) is 12.0. The maximum Gasteiger partial charge on any atom is 0.240 e. The number of hydrogen-bond acceptors (Lipinski definition) is 6. The Bertz CT molecular complexity index is 1140. The average molecular weight is 453 g/mol. The Morgan fingerprint density at radius 3 is 2.81 bits per heavy atom. The number of aromatic nitrogens is 1. The fraction of sp³-hybridized carbons (Fsp3) is 0.304. The van der Waals surface area contributed by atoms with E-state index in [1.54, 1.807) is 11.3 Å². The molecule has 8 heteroatoms. The molecule has 1 aromatic heterocycles. The summed E-state index contributed by atoms with van der Waals surface area (Å²) in [4.78, 5) is 33.6. The van der Waals surface area contributed by atoms with Crippen LogP contribution >= 0.6 is 23.1 Å². The third-order valence-electron chi connectivity index (χ3n) is 4.87. The van der Waals surface area contributed by atoms with E-state index in [-0.39, 0.29) is 18.2 Å². The van der Waals surface area contributed by atoms with Gasteiger partial charge in [-0.05, 0) is 55.3 Å². The molecule has 1 unspecified atom stereocenters. The molecule has 0 aliphatic carbocycles. The van der Waals surface area contributed by atoms with E-state index >= 15 is 0 Å². The maximum atomic E-state index is 12.4. The predicted octanol–water partition coefficient (Wildman–Crippen LogP) is 4.99. The van der Waals surface area contributed by atoms with Crippen LogP contribution in [-0.2, 0) is 9.59 Å². The van der Waals surface area contributed by atoms with Crippen LogP contribution in [-0.4, -0.2) is 33.8 Å². The molecule has 1 aliphatic heterocycles. The van der Waals surface area contributed by atoms with Crippen LogP contribution in [0.2, 0.25) is 0 Å². The van der Waals surface area contributed by atoms with Gasteiger partial charge in [-0.25, -0.2) is 4.98 Å². The molecule has 160 valence electrons. The Hall–Kier alpha value is -2.71. The quantitative estimate of drug-likeness (QED) is 0.495. The largest absolute Gasteiger partial charge is 0.326 e. The Morgan fingerprint density at radius 1 is 1.23 bits per heavy atom. The third-order valence-corrected chi connectivity index (χ3v) is 7.06. The fourth-order valence-electron chi connectivity index (χ4n) is 3.19. The molecule has 1 fully saturated rings. The maximum absolute atomic E-state index is 12.4. The smallest absolute Gasteiger partial charge is 0.240 e. The number of fused-ring (bicyclic) bond motifs is 1. The number of hydrogen-bond donors (Lipinski definition) is 2. The monoisotopic (exact) mass is 452 g/mol. The van der Waals surface area contributed by atoms with Crippen LogP contribution < -0.4 is 10.6 Å². The average Bonchev–Trinajstić information content (AvgIpc) is 3.31. The molecular weight excluding hydrogens is 428 g/mol. The summed E-state index contributed by atoms with van der Waals surface area (Å²) >= 11 is 2.99. The van der Waals surface area contributed by atoms with Crippen LogP contribution in [0.15, 0.2) is 47.5 Å². The van der Waals surface area contributed by atoms with Crippen LogP contribution in [0.4, 0.5) is 5.69 Å². The standard InChI is InChI=1S/C23H24N4O2S2/c1-3-4-11-24-23-27-21(29)19(31-23)13-20(28)25-16-8-6-15(7-9-16)22-26-17-10-5-14(2)12-18(17)30-22/h5-10,12,19H,3-4,11,13H2,1-2H3,(H,25,28)(H,24,27,29). The number of amides is 2. The number of nitrogens with one attached hydrogen (secondary N) is 2. The second-order valence-electron chi connectivity index (χ2n) is 7.46. The first-order chi connectivity index (χ1) is 15.0. The minimum absolute atomic E-state index is 0.113. The summed E-state index contributed by atoms with van der Waals surface area (Å²) in [6, 6.07) is 13.9. The van der Waals surface area contributed by atoms with Crippen molar-refractivity contribution in [2.75, 3.05) is 11.9 Å². The first-order valence-electron chi connectivity index (χ1n) is 10.3. The van der Waals surface area contributed by atoms with Gasteiger partial charge in [0.2, 0.25) is 11.8 Å². The number of aliphatic imine (C=N–C) groups is 1.